The number of carboxylic acid groups (broad SMARTS) is 1. The van der Waals surface area contributed by atoms with Crippen molar-refractivity contribution in [3.05, 3.63) is 59.2 Å². The quantitative estimate of drug-likeness (QED) is 0.647. The largest absolute Gasteiger partial charge is 0.493 e. The number of benzene rings is 2. The molecular weight excluding hydrogens is 416 g/mol. The Bertz CT molecular complexity index is 922. The summed E-state index contributed by atoms with van der Waals surface area (Å²) in [5.74, 6) is 0.864. The average Bonchev–Trinajstić information content (AvgIpc) is 2.80. The maximum atomic E-state index is 13.2. The van der Waals surface area contributed by atoms with Crippen molar-refractivity contribution in [1.29, 1.82) is 0 Å². The Morgan fingerprint density at radius 1 is 1.19 bits per heavy atom. The number of carbonyl (C=O) groups excluding carboxylic acids is 1. The van der Waals surface area contributed by atoms with Crippen LogP contribution in [0.1, 0.15) is 29.2 Å². The summed E-state index contributed by atoms with van der Waals surface area (Å²) in [5, 5.41) is 12.3. The molecule has 1 heterocycles. The fraction of sp³-hybridized carbons (Fsp3) is 0.391. The molecule has 0 fully saturated rings. The summed E-state index contributed by atoms with van der Waals surface area (Å²) in [6.07, 6.45) is 2.91. The molecule has 2 N–H and O–H groups in total. The van der Waals surface area contributed by atoms with Gasteiger partial charge in [-0.25, -0.2) is 9.59 Å². The van der Waals surface area contributed by atoms with Crippen LogP contribution in [0.5, 0.6) is 11.5 Å². The van der Waals surface area contributed by atoms with E-state index in [2.05, 4.69) is 5.32 Å². The SMILES string of the molecule is COc1cc2c(cc1OC)C(c1ccccc1)N(C(=O)NC(CCSC)C(=O)O)CC2. The van der Waals surface area contributed by atoms with Crippen molar-refractivity contribution in [1.82, 2.24) is 10.2 Å². The highest BCUT2D eigenvalue weighted by Crippen LogP contribution is 2.41. The highest BCUT2D eigenvalue weighted by molar-refractivity contribution is 7.98. The first-order chi connectivity index (χ1) is 15.0. The lowest BCUT2D eigenvalue weighted by Crippen LogP contribution is -2.51. The molecule has 2 aromatic carbocycles. The van der Waals surface area contributed by atoms with Crippen LogP contribution < -0.4 is 14.8 Å². The first kappa shape index (κ1) is 22.8. The van der Waals surface area contributed by atoms with Crippen molar-refractivity contribution in [2.45, 2.75) is 24.9 Å². The van der Waals surface area contributed by atoms with Gasteiger partial charge < -0.3 is 24.8 Å². The molecule has 7 nitrogen and oxygen atoms in total. The third kappa shape index (κ3) is 5.07. The Morgan fingerprint density at radius 2 is 1.87 bits per heavy atom. The number of ether oxygens (including phenoxy) is 2. The van der Waals surface area contributed by atoms with Crippen LogP contribution >= 0.6 is 11.8 Å². The molecule has 0 aliphatic carbocycles. The van der Waals surface area contributed by atoms with Crippen molar-refractivity contribution in [3.8, 4) is 11.5 Å². The van der Waals surface area contributed by atoms with Gasteiger partial charge in [0.2, 0.25) is 0 Å². The van der Waals surface area contributed by atoms with Gasteiger partial charge in [-0.3, -0.25) is 0 Å². The normalized spacial score (nSPS) is 16.2. The molecule has 2 atom stereocenters. The van der Waals surface area contributed by atoms with E-state index in [1.54, 1.807) is 30.9 Å². The molecular formula is C23H28N2O5S. The van der Waals surface area contributed by atoms with E-state index in [9.17, 15) is 14.7 Å². The molecule has 31 heavy (non-hydrogen) atoms. The van der Waals surface area contributed by atoms with E-state index in [1.165, 1.54) is 0 Å². The summed E-state index contributed by atoms with van der Waals surface area (Å²) in [5.41, 5.74) is 2.97. The number of methoxy groups -OCH3 is 2. The standard InChI is InChI=1S/C23H28N2O5S/c1-29-19-13-16-9-11-25(23(28)24-18(22(26)27)10-12-31-3)21(15-7-5-4-6-8-15)17(16)14-20(19)30-2/h4-8,13-14,18,21H,9-12H2,1-3H3,(H,24,28)(H,26,27). The van der Waals surface area contributed by atoms with Crippen LogP contribution in [-0.2, 0) is 11.2 Å². The molecule has 0 radical (unpaired) electrons. The van der Waals surface area contributed by atoms with Gasteiger partial charge in [0.1, 0.15) is 6.04 Å². The van der Waals surface area contributed by atoms with Gasteiger partial charge in [0, 0.05) is 6.54 Å². The number of hydrogen-bond donors (Lipinski definition) is 2. The van der Waals surface area contributed by atoms with Gasteiger partial charge >= 0.3 is 12.0 Å². The lowest BCUT2D eigenvalue weighted by molar-refractivity contribution is -0.139. The fourth-order valence-electron chi connectivity index (χ4n) is 3.88. The first-order valence-corrected chi connectivity index (χ1v) is 11.5. The van der Waals surface area contributed by atoms with Gasteiger partial charge in [0.05, 0.1) is 20.3 Å². The molecule has 2 amide bonds. The predicted octanol–water partition coefficient (Wildman–Crippen LogP) is 3.57. The van der Waals surface area contributed by atoms with E-state index < -0.39 is 12.0 Å². The number of nitrogens with one attached hydrogen (secondary N) is 1. The highest BCUT2D eigenvalue weighted by Gasteiger charge is 2.34. The molecule has 2 aromatic rings. The number of thioether (sulfide) groups is 1. The van der Waals surface area contributed by atoms with E-state index >= 15 is 0 Å². The Balaban J connectivity index is 1.99. The maximum absolute atomic E-state index is 13.2. The summed E-state index contributed by atoms with van der Waals surface area (Å²) in [6, 6.07) is 11.9. The first-order valence-electron chi connectivity index (χ1n) is 10.1. The lowest BCUT2D eigenvalue weighted by atomic mass is 9.88. The van der Waals surface area contributed by atoms with Gasteiger partial charge in [0.25, 0.3) is 0 Å². The number of urea groups is 1. The summed E-state index contributed by atoms with van der Waals surface area (Å²) < 4.78 is 10.9. The Morgan fingerprint density at radius 3 is 2.48 bits per heavy atom. The molecule has 1 aliphatic heterocycles. The van der Waals surface area contributed by atoms with Gasteiger partial charge in [-0.05, 0) is 53.7 Å². The van der Waals surface area contributed by atoms with Gasteiger partial charge in [-0.1, -0.05) is 30.3 Å². The summed E-state index contributed by atoms with van der Waals surface area (Å²) in [6.45, 7) is 0.461. The minimum absolute atomic E-state index is 0.361. The second-order valence-corrected chi connectivity index (χ2v) is 8.27. The summed E-state index contributed by atoms with van der Waals surface area (Å²) in [7, 11) is 3.18. The molecule has 166 valence electrons. The number of fused-ring (bicyclic) bond motifs is 1. The van der Waals surface area contributed by atoms with Crippen molar-refractivity contribution in [2.24, 2.45) is 0 Å². The highest BCUT2D eigenvalue weighted by atomic mass is 32.2. The molecule has 0 saturated heterocycles. The van der Waals surface area contributed by atoms with Crippen LogP contribution in [-0.4, -0.2) is 60.8 Å². The van der Waals surface area contributed by atoms with Crippen molar-refractivity contribution in [2.75, 3.05) is 32.8 Å². The van der Waals surface area contributed by atoms with Crippen LogP contribution in [0.15, 0.2) is 42.5 Å². The van der Waals surface area contributed by atoms with Gasteiger partial charge in [0.15, 0.2) is 11.5 Å². The molecule has 0 aromatic heterocycles. The van der Waals surface area contributed by atoms with E-state index in [0.29, 0.717) is 36.6 Å². The topological polar surface area (TPSA) is 88.1 Å². The zero-order chi connectivity index (χ0) is 22.4. The van der Waals surface area contributed by atoms with E-state index in [-0.39, 0.29) is 12.1 Å². The number of carbonyl (C=O) groups is 2. The van der Waals surface area contributed by atoms with Crippen LogP contribution in [0.2, 0.25) is 0 Å². The van der Waals surface area contributed by atoms with E-state index in [0.717, 1.165) is 16.7 Å². The van der Waals surface area contributed by atoms with E-state index in [1.807, 2.05) is 48.7 Å². The number of amides is 2. The van der Waals surface area contributed by atoms with Crippen molar-refractivity contribution >= 4 is 23.8 Å². The molecule has 0 spiro atoms. The Labute approximate surface area is 186 Å². The smallest absolute Gasteiger partial charge is 0.326 e. The minimum Gasteiger partial charge on any atom is -0.493 e. The third-order valence-corrected chi connectivity index (χ3v) is 6.10. The zero-order valence-corrected chi connectivity index (χ0v) is 18.8. The monoisotopic (exact) mass is 444 g/mol. The Hall–Kier alpha value is -2.87. The predicted molar refractivity (Wildman–Crippen MR) is 121 cm³/mol. The van der Waals surface area contributed by atoms with Crippen LogP contribution in [0.25, 0.3) is 0 Å². The van der Waals surface area contributed by atoms with Crippen LogP contribution in [0, 0.1) is 0 Å². The molecule has 2 unspecified atom stereocenters. The second-order valence-electron chi connectivity index (χ2n) is 7.28. The lowest BCUT2D eigenvalue weighted by Gasteiger charge is -2.38. The van der Waals surface area contributed by atoms with Crippen LogP contribution in [0.4, 0.5) is 4.79 Å². The van der Waals surface area contributed by atoms with Gasteiger partial charge in [-0.15, -0.1) is 0 Å². The Kier molecular flexibility index (Phi) is 7.68. The number of aliphatic carboxylic acids is 1. The van der Waals surface area contributed by atoms with Crippen molar-refractivity contribution in [3.63, 3.8) is 0 Å². The fourth-order valence-corrected chi connectivity index (χ4v) is 4.36. The number of nitrogens with zero attached hydrogens (tertiary/aromatic N) is 1. The number of carboxylic acids is 1. The second kappa shape index (κ2) is 10.4. The van der Waals surface area contributed by atoms with Crippen LogP contribution in [0.3, 0.4) is 0 Å². The molecule has 3 rings (SSSR count). The minimum atomic E-state index is -1.03. The molecule has 8 heteroatoms. The van der Waals surface area contributed by atoms with Crippen molar-refractivity contribution < 1.29 is 24.2 Å². The number of hydrogen-bond acceptors (Lipinski definition) is 5. The van der Waals surface area contributed by atoms with E-state index in [4.69, 9.17) is 9.47 Å². The maximum Gasteiger partial charge on any atom is 0.326 e. The number of rotatable bonds is 8. The average molecular weight is 445 g/mol. The van der Waals surface area contributed by atoms with Gasteiger partial charge in [-0.2, -0.15) is 11.8 Å². The molecule has 0 saturated carbocycles. The summed E-state index contributed by atoms with van der Waals surface area (Å²) >= 11 is 1.55. The molecule has 1 aliphatic rings. The zero-order valence-electron chi connectivity index (χ0n) is 18.0. The third-order valence-electron chi connectivity index (χ3n) is 5.46. The summed E-state index contributed by atoms with van der Waals surface area (Å²) in [4.78, 5) is 26.6. The molecule has 0 bridgehead atoms.